The van der Waals surface area contributed by atoms with Crippen LogP contribution in [0.4, 0.5) is 0 Å². The average molecular weight is 175 g/mol. The van der Waals surface area contributed by atoms with Crippen LogP contribution < -0.4 is 5.32 Å². The molecule has 0 aromatic rings. The summed E-state index contributed by atoms with van der Waals surface area (Å²) in [6.45, 7) is 4.60. The third kappa shape index (κ3) is 10.3. The van der Waals surface area contributed by atoms with E-state index < -0.39 is 0 Å². The van der Waals surface area contributed by atoms with Gasteiger partial charge in [0.05, 0.1) is 0 Å². The van der Waals surface area contributed by atoms with E-state index >= 15 is 0 Å². The van der Waals surface area contributed by atoms with Gasteiger partial charge in [0, 0.05) is 0 Å². The standard InChI is InChI=1S/C9H21NS/c1-3-7-10-8-5-4-6-9-11-2/h10H,3-9H2,1-2H3. The Balaban J connectivity index is 2.69. The highest BCUT2D eigenvalue weighted by molar-refractivity contribution is 7.98. The zero-order valence-electron chi connectivity index (χ0n) is 7.86. The molecular weight excluding hydrogens is 154 g/mol. The van der Waals surface area contributed by atoms with E-state index in [2.05, 4.69) is 18.5 Å². The highest BCUT2D eigenvalue weighted by Gasteiger charge is 1.87. The first-order valence-corrected chi connectivity index (χ1v) is 6.00. The second kappa shape index (κ2) is 10.3. The van der Waals surface area contributed by atoms with Crippen molar-refractivity contribution in [2.75, 3.05) is 25.1 Å². The molecule has 0 heterocycles. The lowest BCUT2D eigenvalue weighted by Gasteiger charge is -2.01. The third-order valence-electron chi connectivity index (χ3n) is 1.63. The number of rotatable bonds is 8. The highest BCUT2D eigenvalue weighted by Crippen LogP contribution is 2.00. The summed E-state index contributed by atoms with van der Waals surface area (Å²) in [7, 11) is 0. The summed E-state index contributed by atoms with van der Waals surface area (Å²) < 4.78 is 0. The summed E-state index contributed by atoms with van der Waals surface area (Å²) in [5.41, 5.74) is 0. The van der Waals surface area contributed by atoms with Gasteiger partial charge in [-0.25, -0.2) is 0 Å². The lowest BCUT2D eigenvalue weighted by Crippen LogP contribution is -2.15. The van der Waals surface area contributed by atoms with Gasteiger partial charge in [0.2, 0.25) is 0 Å². The molecule has 0 bridgehead atoms. The van der Waals surface area contributed by atoms with Gasteiger partial charge in [0.1, 0.15) is 0 Å². The summed E-state index contributed by atoms with van der Waals surface area (Å²) in [4.78, 5) is 0. The molecule has 0 aliphatic heterocycles. The Kier molecular flexibility index (Phi) is 10.6. The van der Waals surface area contributed by atoms with E-state index in [1.165, 1.54) is 44.5 Å². The average Bonchev–Trinajstić information content (AvgIpc) is 2.03. The van der Waals surface area contributed by atoms with Crippen molar-refractivity contribution >= 4 is 11.8 Å². The van der Waals surface area contributed by atoms with Crippen molar-refractivity contribution in [1.82, 2.24) is 5.32 Å². The van der Waals surface area contributed by atoms with Crippen LogP contribution >= 0.6 is 11.8 Å². The fraction of sp³-hybridized carbons (Fsp3) is 1.00. The van der Waals surface area contributed by atoms with Gasteiger partial charge >= 0.3 is 0 Å². The molecule has 0 aliphatic carbocycles. The second-order valence-corrected chi connectivity index (χ2v) is 3.79. The van der Waals surface area contributed by atoms with E-state index in [1.807, 2.05) is 11.8 Å². The Labute approximate surface area is 75.3 Å². The number of hydrogen-bond donors (Lipinski definition) is 1. The maximum Gasteiger partial charge on any atom is -0.00489 e. The van der Waals surface area contributed by atoms with Gasteiger partial charge in [-0.1, -0.05) is 13.3 Å². The van der Waals surface area contributed by atoms with Crippen molar-refractivity contribution in [1.29, 1.82) is 0 Å². The first-order valence-electron chi connectivity index (χ1n) is 4.61. The van der Waals surface area contributed by atoms with E-state index in [0.29, 0.717) is 0 Å². The minimum atomic E-state index is 1.18. The normalized spacial score (nSPS) is 10.4. The van der Waals surface area contributed by atoms with Crippen LogP contribution in [0.25, 0.3) is 0 Å². The summed E-state index contributed by atoms with van der Waals surface area (Å²) >= 11 is 1.95. The van der Waals surface area contributed by atoms with Crippen LogP contribution in [-0.4, -0.2) is 25.1 Å². The van der Waals surface area contributed by atoms with Gasteiger partial charge in [0.15, 0.2) is 0 Å². The number of unbranched alkanes of at least 4 members (excludes halogenated alkanes) is 2. The van der Waals surface area contributed by atoms with Gasteiger partial charge in [-0.3, -0.25) is 0 Å². The largest absolute Gasteiger partial charge is 0.317 e. The zero-order valence-corrected chi connectivity index (χ0v) is 8.67. The SMILES string of the molecule is CCCNCCCCCSC. The smallest absolute Gasteiger partial charge is 0.00489 e. The number of hydrogen-bond acceptors (Lipinski definition) is 2. The first kappa shape index (κ1) is 11.3. The molecule has 1 nitrogen and oxygen atoms in total. The number of nitrogens with one attached hydrogen (secondary N) is 1. The Morgan fingerprint density at radius 2 is 1.91 bits per heavy atom. The molecule has 0 aliphatic rings. The Hall–Kier alpha value is 0.310. The minimum Gasteiger partial charge on any atom is -0.317 e. The summed E-state index contributed by atoms with van der Waals surface area (Å²) in [5, 5.41) is 3.41. The molecule has 1 N–H and O–H groups in total. The van der Waals surface area contributed by atoms with E-state index in [0.717, 1.165) is 0 Å². The van der Waals surface area contributed by atoms with Crippen molar-refractivity contribution in [2.24, 2.45) is 0 Å². The summed E-state index contributed by atoms with van der Waals surface area (Å²) in [6, 6.07) is 0. The molecule has 0 rings (SSSR count). The Morgan fingerprint density at radius 3 is 2.55 bits per heavy atom. The molecule has 2 heteroatoms. The molecule has 0 atom stereocenters. The maximum absolute atomic E-state index is 3.41. The predicted molar refractivity (Wildman–Crippen MR) is 55.4 cm³/mol. The molecule has 0 radical (unpaired) electrons. The minimum absolute atomic E-state index is 1.18. The number of thioether (sulfide) groups is 1. The molecule has 11 heavy (non-hydrogen) atoms. The van der Waals surface area contributed by atoms with Gasteiger partial charge < -0.3 is 5.32 Å². The van der Waals surface area contributed by atoms with Gasteiger partial charge in [-0.15, -0.1) is 0 Å². The van der Waals surface area contributed by atoms with E-state index in [-0.39, 0.29) is 0 Å². The molecule has 0 saturated carbocycles. The van der Waals surface area contributed by atoms with Crippen LogP contribution in [0.2, 0.25) is 0 Å². The van der Waals surface area contributed by atoms with Gasteiger partial charge in [-0.05, 0) is 44.4 Å². The zero-order chi connectivity index (χ0) is 8.36. The van der Waals surface area contributed by atoms with E-state index in [4.69, 9.17) is 0 Å². The Bertz CT molecular complexity index is 58.6. The van der Waals surface area contributed by atoms with Crippen LogP contribution in [-0.2, 0) is 0 Å². The van der Waals surface area contributed by atoms with E-state index in [1.54, 1.807) is 0 Å². The predicted octanol–water partition coefficient (Wildman–Crippen LogP) is 2.52. The van der Waals surface area contributed by atoms with Crippen LogP contribution in [0, 0.1) is 0 Å². The van der Waals surface area contributed by atoms with Gasteiger partial charge in [-0.2, -0.15) is 11.8 Å². The first-order chi connectivity index (χ1) is 5.41. The molecule has 0 aromatic heterocycles. The van der Waals surface area contributed by atoms with Crippen molar-refractivity contribution in [3.8, 4) is 0 Å². The van der Waals surface area contributed by atoms with Crippen LogP contribution in [0.15, 0.2) is 0 Å². The van der Waals surface area contributed by atoms with Crippen molar-refractivity contribution < 1.29 is 0 Å². The molecular formula is C9H21NS. The molecule has 0 unspecified atom stereocenters. The lowest BCUT2D eigenvalue weighted by molar-refractivity contribution is 0.613. The van der Waals surface area contributed by atoms with Crippen LogP contribution in [0.5, 0.6) is 0 Å². The second-order valence-electron chi connectivity index (χ2n) is 2.80. The van der Waals surface area contributed by atoms with Crippen LogP contribution in [0.3, 0.4) is 0 Å². The van der Waals surface area contributed by atoms with Crippen molar-refractivity contribution in [3.05, 3.63) is 0 Å². The van der Waals surface area contributed by atoms with Gasteiger partial charge in [0.25, 0.3) is 0 Å². The van der Waals surface area contributed by atoms with E-state index in [9.17, 15) is 0 Å². The van der Waals surface area contributed by atoms with Crippen molar-refractivity contribution in [3.63, 3.8) is 0 Å². The molecule has 0 aromatic carbocycles. The molecule has 68 valence electrons. The fourth-order valence-corrected chi connectivity index (χ4v) is 1.47. The Morgan fingerprint density at radius 1 is 1.09 bits per heavy atom. The summed E-state index contributed by atoms with van der Waals surface area (Å²) in [6.07, 6.45) is 7.55. The fourth-order valence-electron chi connectivity index (χ4n) is 0.975. The maximum atomic E-state index is 3.41. The monoisotopic (exact) mass is 175 g/mol. The molecule has 0 saturated heterocycles. The topological polar surface area (TPSA) is 12.0 Å². The lowest BCUT2D eigenvalue weighted by atomic mass is 10.2. The molecule has 0 spiro atoms. The van der Waals surface area contributed by atoms with Crippen molar-refractivity contribution in [2.45, 2.75) is 32.6 Å². The third-order valence-corrected chi connectivity index (χ3v) is 2.33. The summed E-state index contributed by atoms with van der Waals surface area (Å²) in [5.74, 6) is 1.33. The molecule has 0 amide bonds. The highest BCUT2D eigenvalue weighted by atomic mass is 32.2. The van der Waals surface area contributed by atoms with Crippen LogP contribution in [0.1, 0.15) is 32.6 Å². The quantitative estimate of drug-likeness (QED) is 0.569. The molecule has 0 fully saturated rings.